The molecule has 4 nitrogen and oxygen atoms in total. The summed E-state index contributed by atoms with van der Waals surface area (Å²) in [4.78, 5) is 0. The highest BCUT2D eigenvalue weighted by Gasteiger charge is 2.02. The van der Waals surface area contributed by atoms with Crippen LogP contribution in [0.1, 0.15) is 5.56 Å². The molecule has 0 aliphatic heterocycles. The summed E-state index contributed by atoms with van der Waals surface area (Å²) in [5.74, 6) is -0.743. The first kappa shape index (κ1) is 10.5. The maximum atomic E-state index is 13.2. The van der Waals surface area contributed by atoms with Gasteiger partial charge < -0.3 is 11.5 Å². The zero-order valence-corrected chi connectivity index (χ0v) is 7.87. The molecule has 0 saturated carbocycles. The van der Waals surface area contributed by atoms with Crippen LogP contribution in [0.4, 0.5) is 4.39 Å². The van der Waals surface area contributed by atoms with E-state index in [1.807, 2.05) is 0 Å². The largest absolute Gasteiger partial charge is 0.369 e. The van der Waals surface area contributed by atoms with E-state index in [9.17, 15) is 4.39 Å². The number of hydrogen-bond donors (Lipinski definition) is 2. The maximum Gasteiger partial charge on any atom is 0.211 e. The highest BCUT2D eigenvalue weighted by Crippen LogP contribution is 2.16. The highest BCUT2D eigenvalue weighted by atomic mass is 35.5. The molecule has 14 heavy (non-hydrogen) atoms. The number of hydrogen-bond acceptors (Lipinski definition) is 2. The lowest BCUT2D eigenvalue weighted by Gasteiger charge is -1.96. The summed E-state index contributed by atoms with van der Waals surface area (Å²) in [6, 6.07) is 4.55. The SMILES string of the molecule is NC(N)=NN=Cc1cccc(Cl)c1F. The molecule has 0 bridgehead atoms. The van der Waals surface area contributed by atoms with Gasteiger partial charge in [-0.1, -0.05) is 23.7 Å². The maximum absolute atomic E-state index is 13.2. The molecule has 0 saturated heterocycles. The molecular formula is C8H8ClFN4. The van der Waals surface area contributed by atoms with Crippen molar-refractivity contribution in [2.45, 2.75) is 0 Å². The molecule has 0 radical (unpaired) electrons. The van der Waals surface area contributed by atoms with Crippen molar-refractivity contribution in [3.05, 3.63) is 34.6 Å². The third kappa shape index (κ3) is 2.70. The van der Waals surface area contributed by atoms with Gasteiger partial charge in [-0.25, -0.2) is 4.39 Å². The predicted molar refractivity (Wildman–Crippen MR) is 54.8 cm³/mol. The van der Waals surface area contributed by atoms with E-state index in [2.05, 4.69) is 10.2 Å². The van der Waals surface area contributed by atoms with Crippen molar-refractivity contribution in [1.82, 2.24) is 0 Å². The lowest BCUT2D eigenvalue weighted by molar-refractivity contribution is 0.626. The first-order valence-electron chi connectivity index (χ1n) is 3.67. The lowest BCUT2D eigenvalue weighted by Crippen LogP contribution is -2.21. The Labute approximate surface area is 85.1 Å². The fourth-order valence-electron chi connectivity index (χ4n) is 0.778. The molecule has 0 heterocycles. The molecule has 0 amide bonds. The summed E-state index contributed by atoms with van der Waals surface area (Å²) in [5.41, 5.74) is 10.3. The second-order valence-corrected chi connectivity index (χ2v) is 2.82. The summed E-state index contributed by atoms with van der Waals surface area (Å²) in [6.45, 7) is 0. The molecule has 1 aromatic rings. The monoisotopic (exact) mass is 214 g/mol. The second kappa shape index (κ2) is 4.57. The Morgan fingerprint density at radius 1 is 1.43 bits per heavy atom. The van der Waals surface area contributed by atoms with Gasteiger partial charge in [0.05, 0.1) is 11.2 Å². The van der Waals surface area contributed by atoms with Gasteiger partial charge >= 0.3 is 0 Å². The van der Waals surface area contributed by atoms with Gasteiger partial charge in [-0.05, 0) is 6.07 Å². The van der Waals surface area contributed by atoms with Crippen LogP contribution in [0, 0.1) is 5.82 Å². The molecule has 6 heteroatoms. The van der Waals surface area contributed by atoms with Crippen LogP contribution < -0.4 is 11.5 Å². The first-order valence-corrected chi connectivity index (χ1v) is 4.05. The van der Waals surface area contributed by atoms with Gasteiger partial charge in [0.2, 0.25) is 5.96 Å². The van der Waals surface area contributed by atoms with Gasteiger partial charge in [0, 0.05) is 5.56 Å². The van der Waals surface area contributed by atoms with Crippen molar-refractivity contribution < 1.29 is 4.39 Å². The normalized spacial score (nSPS) is 10.4. The van der Waals surface area contributed by atoms with Gasteiger partial charge in [0.1, 0.15) is 0 Å². The van der Waals surface area contributed by atoms with E-state index < -0.39 is 5.82 Å². The van der Waals surface area contributed by atoms with Crippen LogP contribution in [-0.4, -0.2) is 12.2 Å². The average molecular weight is 215 g/mol. The molecule has 0 unspecified atom stereocenters. The Hall–Kier alpha value is -1.62. The van der Waals surface area contributed by atoms with Gasteiger partial charge in [0.25, 0.3) is 0 Å². The van der Waals surface area contributed by atoms with E-state index in [1.54, 1.807) is 6.07 Å². The zero-order chi connectivity index (χ0) is 10.6. The molecule has 0 atom stereocenters. The molecule has 0 fully saturated rings. The number of halogens is 2. The Morgan fingerprint density at radius 3 is 2.79 bits per heavy atom. The van der Waals surface area contributed by atoms with E-state index in [0.29, 0.717) is 0 Å². The third-order valence-electron chi connectivity index (χ3n) is 1.35. The van der Waals surface area contributed by atoms with Crippen molar-refractivity contribution in [3.63, 3.8) is 0 Å². The molecule has 0 aromatic heterocycles. The quantitative estimate of drug-likeness (QED) is 0.439. The van der Waals surface area contributed by atoms with Crippen molar-refractivity contribution in [1.29, 1.82) is 0 Å². The Morgan fingerprint density at radius 2 is 2.14 bits per heavy atom. The van der Waals surface area contributed by atoms with Crippen LogP contribution in [0.3, 0.4) is 0 Å². The number of guanidine groups is 1. The van der Waals surface area contributed by atoms with Gasteiger partial charge in [-0.15, -0.1) is 5.10 Å². The van der Waals surface area contributed by atoms with Crippen molar-refractivity contribution in [3.8, 4) is 0 Å². The minimum absolute atomic E-state index is 0.0265. The average Bonchev–Trinajstić information content (AvgIpc) is 2.12. The molecule has 1 aromatic carbocycles. The minimum Gasteiger partial charge on any atom is -0.369 e. The number of rotatable bonds is 2. The molecular weight excluding hydrogens is 207 g/mol. The van der Waals surface area contributed by atoms with Crippen LogP contribution in [0.25, 0.3) is 0 Å². The van der Waals surface area contributed by atoms with E-state index in [1.165, 1.54) is 18.3 Å². The van der Waals surface area contributed by atoms with E-state index in [0.717, 1.165) is 0 Å². The fourth-order valence-corrected chi connectivity index (χ4v) is 0.960. The smallest absolute Gasteiger partial charge is 0.211 e. The van der Waals surface area contributed by atoms with E-state index in [-0.39, 0.29) is 16.5 Å². The topological polar surface area (TPSA) is 76.8 Å². The van der Waals surface area contributed by atoms with E-state index >= 15 is 0 Å². The molecule has 0 spiro atoms. The Kier molecular flexibility index (Phi) is 3.41. The zero-order valence-electron chi connectivity index (χ0n) is 7.11. The van der Waals surface area contributed by atoms with Crippen LogP contribution in [-0.2, 0) is 0 Å². The highest BCUT2D eigenvalue weighted by molar-refractivity contribution is 6.31. The fraction of sp³-hybridized carbons (Fsp3) is 0. The first-order chi connectivity index (χ1) is 6.61. The predicted octanol–water partition coefficient (Wildman–Crippen LogP) is 1.09. The second-order valence-electron chi connectivity index (χ2n) is 2.41. The van der Waals surface area contributed by atoms with E-state index in [4.69, 9.17) is 23.1 Å². The summed E-state index contributed by atoms with van der Waals surface area (Å²) in [6.07, 6.45) is 1.18. The standard InChI is InChI=1S/C8H8ClFN4/c9-6-3-1-2-5(7(6)10)4-13-14-8(11)12/h1-4H,(H4,11,12,14). The number of nitrogens with two attached hydrogens (primary N) is 2. The summed E-state index contributed by atoms with van der Waals surface area (Å²) < 4.78 is 13.2. The van der Waals surface area contributed by atoms with Crippen molar-refractivity contribution in [2.24, 2.45) is 21.7 Å². The molecule has 74 valence electrons. The molecule has 0 aliphatic carbocycles. The Bertz CT molecular complexity index is 385. The van der Waals surface area contributed by atoms with Crippen LogP contribution in [0.15, 0.2) is 28.4 Å². The van der Waals surface area contributed by atoms with Gasteiger partial charge in [-0.2, -0.15) is 5.10 Å². The van der Waals surface area contributed by atoms with Crippen molar-refractivity contribution >= 4 is 23.8 Å². The molecule has 0 aliphatic rings. The molecule has 1 rings (SSSR count). The third-order valence-corrected chi connectivity index (χ3v) is 1.64. The number of benzene rings is 1. The summed E-state index contributed by atoms with van der Waals surface area (Å²) in [7, 11) is 0. The lowest BCUT2D eigenvalue weighted by atomic mass is 10.2. The summed E-state index contributed by atoms with van der Waals surface area (Å²) >= 11 is 5.53. The molecule has 4 N–H and O–H groups in total. The van der Waals surface area contributed by atoms with Crippen molar-refractivity contribution in [2.75, 3.05) is 0 Å². The Balaban J connectivity index is 2.92. The van der Waals surface area contributed by atoms with Gasteiger partial charge in [-0.3, -0.25) is 0 Å². The number of nitrogens with zero attached hydrogens (tertiary/aromatic N) is 2. The van der Waals surface area contributed by atoms with Crippen LogP contribution in [0.2, 0.25) is 5.02 Å². The summed E-state index contributed by atoms with van der Waals surface area (Å²) in [5, 5.41) is 6.81. The van der Waals surface area contributed by atoms with Crippen LogP contribution >= 0.6 is 11.6 Å². The van der Waals surface area contributed by atoms with Crippen LogP contribution in [0.5, 0.6) is 0 Å². The van der Waals surface area contributed by atoms with Gasteiger partial charge in [0.15, 0.2) is 5.82 Å². The minimum atomic E-state index is -0.552.